The van der Waals surface area contributed by atoms with Crippen molar-refractivity contribution < 1.29 is 17.9 Å². The van der Waals surface area contributed by atoms with Crippen LogP contribution in [0.2, 0.25) is 5.02 Å². The zero-order valence-electron chi connectivity index (χ0n) is 20.4. The Bertz CT molecular complexity index is 1350. The Kier molecular flexibility index (Phi) is 7.38. The van der Waals surface area contributed by atoms with E-state index in [0.29, 0.717) is 48.6 Å². The molecule has 36 heavy (non-hydrogen) atoms. The highest BCUT2D eigenvalue weighted by Gasteiger charge is 2.42. The number of sulfonamides is 1. The minimum Gasteiger partial charge on any atom is -0.376 e. The maximum atomic E-state index is 14.1. The minimum atomic E-state index is -3.86. The van der Waals surface area contributed by atoms with E-state index < -0.39 is 16.1 Å². The normalized spacial score (nSPS) is 21.0. The number of hydrogen-bond acceptors (Lipinski definition) is 6. The van der Waals surface area contributed by atoms with Gasteiger partial charge in [0.05, 0.1) is 27.8 Å². The number of para-hydroxylation sites is 1. The van der Waals surface area contributed by atoms with Gasteiger partial charge in [0.1, 0.15) is 6.04 Å². The Balaban J connectivity index is 1.51. The van der Waals surface area contributed by atoms with E-state index in [-0.39, 0.29) is 16.9 Å². The van der Waals surface area contributed by atoms with Crippen molar-refractivity contribution in [3.63, 3.8) is 0 Å². The molecule has 10 heteroatoms. The summed E-state index contributed by atoms with van der Waals surface area (Å²) in [6, 6.07) is 11.4. The van der Waals surface area contributed by atoms with Crippen LogP contribution in [-0.4, -0.2) is 55.5 Å². The highest BCUT2D eigenvalue weighted by atomic mass is 35.5. The fraction of sp³-hybridized carbons (Fsp3) is 0.462. The van der Waals surface area contributed by atoms with Crippen LogP contribution in [0.15, 0.2) is 47.4 Å². The second-order valence-corrected chi connectivity index (χ2v) is 13.0. The van der Waals surface area contributed by atoms with Gasteiger partial charge in [-0.15, -0.1) is 0 Å². The molecule has 5 rings (SSSR count). The van der Waals surface area contributed by atoms with Gasteiger partial charge in [-0.25, -0.2) is 13.4 Å². The van der Waals surface area contributed by atoms with Crippen molar-refractivity contribution in [2.24, 2.45) is 0 Å². The van der Waals surface area contributed by atoms with Crippen molar-refractivity contribution in [2.75, 3.05) is 24.6 Å². The van der Waals surface area contributed by atoms with E-state index in [2.05, 4.69) is 19.9 Å². The summed E-state index contributed by atoms with van der Waals surface area (Å²) in [6.07, 6.45) is 2.81. The lowest BCUT2D eigenvalue weighted by Gasteiger charge is -2.29. The quantitative estimate of drug-likeness (QED) is 0.393. The summed E-state index contributed by atoms with van der Waals surface area (Å²) in [5, 5.41) is 1.05. The molecule has 0 N–H and O–H groups in total. The van der Waals surface area contributed by atoms with Crippen LogP contribution in [0.4, 0.5) is 5.13 Å². The maximum absolute atomic E-state index is 14.1. The second kappa shape index (κ2) is 10.4. The van der Waals surface area contributed by atoms with Gasteiger partial charge in [0.2, 0.25) is 15.9 Å². The molecule has 2 aliphatic heterocycles. The third-order valence-corrected chi connectivity index (χ3v) is 10.1. The standard InChI is InChI=1S/C26H30ClN3O4S2/c1-17(2)21-7-3-9-23-24(21)28-26(35-23)29(16-19-6-5-15-34-19)25(31)22-8-4-14-30(22)36(32,33)20-12-10-18(27)11-13-20/h3,7,9-13,17,19,22H,4-6,8,14-16H2,1-2H3. The van der Waals surface area contributed by atoms with Gasteiger partial charge in [-0.3, -0.25) is 9.69 Å². The fourth-order valence-electron chi connectivity index (χ4n) is 4.99. The van der Waals surface area contributed by atoms with E-state index in [1.165, 1.54) is 27.8 Å². The summed E-state index contributed by atoms with van der Waals surface area (Å²) < 4.78 is 35.2. The molecule has 2 unspecified atom stereocenters. The SMILES string of the molecule is CC(C)c1cccc2sc(N(CC3CCCO3)C(=O)C3CCCN3S(=O)(=O)c3ccc(Cl)cc3)nc12. The molecule has 0 radical (unpaired) electrons. The van der Waals surface area contributed by atoms with Gasteiger partial charge >= 0.3 is 0 Å². The average Bonchev–Trinajstić information content (AvgIpc) is 3.62. The van der Waals surface area contributed by atoms with E-state index >= 15 is 0 Å². The van der Waals surface area contributed by atoms with Crippen LogP contribution in [0, 0.1) is 0 Å². The van der Waals surface area contributed by atoms with Gasteiger partial charge in [-0.2, -0.15) is 4.31 Å². The van der Waals surface area contributed by atoms with Crippen LogP contribution in [0.25, 0.3) is 10.2 Å². The smallest absolute Gasteiger partial charge is 0.247 e. The lowest BCUT2D eigenvalue weighted by Crippen LogP contribution is -2.49. The number of amides is 1. The Morgan fingerprint density at radius 1 is 1.19 bits per heavy atom. The average molecular weight is 548 g/mol. The van der Waals surface area contributed by atoms with Crippen LogP contribution in [0.1, 0.15) is 51.0 Å². The maximum Gasteiger partial charge on any atom is 0.247 e. The number of carbonyl (C=O) groups excluding carboxylic acids is 1. The van der Waals surface area contributed by atoms with E-state index in [1.54, 1.807) is 17.0 Å². The number of anilines is 1. The Hall–Kier alpha value is -2.04. The molecule has 2 saturated heterocycles. The van der Waals surface area contributed by atoms with Crippen molar-refractivity contribution in [1.82, 2.24) is 9.29 Å². The molecule has 2 aliphatic rings. The molecule has 1 amide bonds. The summed E-state index contributed by atoms with van der Waals surface area (Å²) >= 11 is 7.44. The zero-order valence-corrected chi connectivity index (χ0v) is 22.8. The number of rotatable bonds is 7. The topological polar surface area (TPSA) is 79.8 Å². The fourth-order valence-corrected chi connectivity index (χ4v) is 7.78. The molecule has 0 saturated carbocycles. The molecule has 2 atom stereocenters. The molecule has 7 nitrogen and oxygen atoms in total. The van der Waals surface area contributed by atoms with Crippen molar-refractivity contribution in [3.8, 4) is 0 Å². The Morgan fingerprint density at radius 2 is 1.97 bits per heavy atom. The molecular formula is C26H30ClN3O4S2. The van der Waals surface area contributed by atoms with Gasteiger partial charge in [0, 0.05) is 18.2 Å². The monoisotopic (exact) mass is 547 g/mol. The summed E-state index contributed by atoms with van der Waals surface area (Å²) in [6.45, 7) is 5.58. The number of ether oxygens (including phenoxy) is 1. The number of benzene rings is 2. The molecular weight excluding hydrogens is 518 g/mol. The van der Waals surface area contributed by atoms with Crippen molar-refractivity contribution in [2.45, 2.75) is 62.5 Å². The second-order valence-electron chi connectivity index (χ2n) is 9.66. The first kappa shape index (κ1) is 25.6. The first-order valence-electron chi connectivity index (χ1n) is 12.4. The van der Waals surface area contributed by atoms with Gasteiger partial charge in [0.15, 0.2) is 5.13 Å². The largest absolute Gasteiger partial charge is 0.376 e. The van der Waals surface area contributed by atoms with Crippen LogP contribution >= 0.6 is 22.9 Å². The molecule has 0 aliphatic carbocycles. The van der Waals surface area contributed by atoms with Gasteiger partial charge in [-0.1, -0.05) is 48.9 Å². The molecule has 2 aromatic carbocycles. The molecule has 1 aromatic heterocycles. The van der Waals surface area contributed by atoms with Crippen LogP contribution in [0.3, 0.4) is 0 Å². The number of hydrogen-bond donors (Lipinski definition) is 0. The van der Waals surface area contributed by atoms with E-state index in [0.717, 1.165) is 28.6 Å². The zero-order chi connectivity index (χ0) is 25.4. The van der Waals surface area contributed by atoms with Crippen LogP contribution < -0.4 is 4.90 Å². The number of halogens is 1. The van der Waals surface area contributed by atoms with Gasteiger partial charge in [0.25, 0.3) is 0 Å². The molecule has 3 heterocycles. The first-order valence-corrected chi connectivity index (χ1v) is 15.0. The minimum absolute atomic E-state index is 0.0896. The summed E-state index contributed by atoms with van der Waals surface area (Å²) in [7, 11) is -3.86. The lowest BCUT2D eigenvalue weighted by molar-refractivity contribution is -0.122. The van der Waals surface area contributed by atoms with Crippen LogP contribution in [0.5, 0.6) is 0 Å². The molecule has 192 valence electrons. The van der Waals surface area contributed by atoms with Gasteiger partial charge < -0.3 is 4.74 Å². The first-order chi connectivity index (χ1) is 17.3. The lowest BCUT2D eigenvalue weighted by atomic mass is 10.0. The summed E-state index contributed by atoms with van der Waals surface area (Å²) in [5.74, 6) is 0.0477. The molecule has 0 spiro atoms. The number of thiazole rings is 1. The number of aromatic nitrogens is 1. The Labute approximate surface area is 221 Å². The predicted molar refractivity (Wildman–Crippen MR) is 143 cm³/mol. The predicted octanol–water partition coefficient (Wildman–Crippen LogP) is 5.44. The van der Waals surface area contributed by atoms with Crippen LogP contribution in [-0.2, 0) is 19.6 Å². The van der Waals surface area contributed by atoms with Crippen molar-refractivity contribution in [3.05, 3.63) is 53.1 Å². The number of nitrogens with zero attached hydrogens (tertiary/aromatic N) is 3. The van der Waals surface area contributed by atoms with E-state index in [9.17, 15) is 13.2 Å². The molecule has 2 fully saturated rings. The molecule has 0 bridgehead atoms. The summed E-state index contributed by atoms with van der Waals surface area (Å²) in [4.78, 5) is 20.8. The number of fused-ring (bicyclic) bond motifs is 1. The highest BCUT2D eigenvalue weighted by molar-refractivity contribution is 7.89. The van der Waals surface area contributed by atoms with Gasteiger partial charge in [-0.05, 0) is 67.5 Å². The summed E-state index contributed by atoms with van der Waals surface area (Å²) in [5.41, 5.74) is 2.03. The number of carbonyl (C=O) groups is 1. The van der Waals surface area contributed by atoms with Crippen molar-refractivity contribution >= 4 is 54.2 Å². The van der Waals surface area contributed by atoms with E-state index in [1.807, 2.05) is 12.1 Å². The highest BCUT2D eigenvalue weighted by Crippen LogP contribution is 2.36. The Morgan fingerprint density at radius 3 is 2.67 bits per heavy atom. The third-order valence-electron chi connectivity index (χ3n) is 6.88. The molecule has 3 aromatic rings. The van der Waals surface area contributed by atoms with Crippen molar-refractivity contribution in [1.29, 1.82) is 0 Å². The van der Waals surface area contributed by atoms with E-state index in [4.69, 9.17) is 21.3 Å². The third kappa shape index (κ3) is 4.91.